The number of carbonyl (C=O) groups is 1. The van der Waals surface area contributed by atoms with Crippen LogP contribution in [0.3, 0.4) is 0 Å². The number of ether oxygens (including phenoxy) is 1. The number of rotatable bonds is 2. The molecular formula is C13H19NO2. The van der Waals surface area contributed by atoms with Crippen molar-refractivity contribution in [3.8, 4) is 5.75 Å². The van der Waals surface area contributed by atoms with Crippen molar-refractivity contribution in [3.63, 3.8) is 0 Å². The molecule has 0 aliphatic heterocycles. The molecule has 0 aromatic heterocycles. The van der Waals surface area contributed by atoms with E-state index in [-0.39, 0.29) is 5.41 Å². The Kier molecular flexibility index (Phi) is 3.27. The van der Waals surface area contributed by atoms with Gasteiger partial charge in [0.25, 0.3) is 5.91 Å². The Morgan fingerprint density at radius 1 is 1.31 bits per heavy atom. The van der Waals surface area contributed by atoms with Gasteiger partial charge in [0.2, 0.25) is 0 Å². The summed E-state index contributed by atoms with van der Waals surface area (Å²) in [7, 11) is 1.55. The van der Waals surface area contributed by atoms with Crippen molar-refractivity contribution >= 4 is 5.91 Å². The van der Waals surface area contributed by atoms with Gasteiger partial charge in [-0.15, -0.1) is 0 Å². The number of aryl methyl sites for hydroxylation is 1. The zero-order valence-corrected chi connectivity index (χ0v) is 10.5. The molecule has 3 nitrogen and oxygen atoms in total. The van der Waals surface area contributed by atoms with Crippen LogP contribution in [0.1, 0.15) is 42.3 Å². The summed E-state index contributed by atoms with van der Waals surface area (Å²) in [5.41, 5.74) is 7.81. The molecule has 1 aromatic carbocycles. The van der Waals surface area contributed by atoms with Crippen molar-refractivity contribution in [3.05, 3.63) is 28.8 Å². The highest BCUT2D eigenvalue weighted by atomic mass is 16.5. The van der Waals surface area contributed by atoms with Gasteiger partial charge >= 0.3 is 0 Å². The van der Waals surface area contributed by atoms with Gasteiger partial charge in [-0.3, -0.25) is 4.79 Å². The van der Waals surface area contributed by atoms with Crippen molar-refractivity contribution in [2.75, 3.05) is 7.11 Å². The van der Waals surface area contributed by atoms with E-state index in [2.05, 4.69) is 20.8 Å². The van der Waals surface area contributed by atoms with Crippen LogP contribution in [0.5, 0.6) is 5.75 Å². The van der Waals surface area contributed by atoms with Crippen LogP contribution in [0.2, 0.25) is 0 Å². The van der Waals surface area contributed by atoms with Gasteiger partial charge in [-0.25, -0.2) is 0 Å². The van der Waals surface area contributed by atoms with Crippen LogP contribution in [0.4, 0.5) is 0 Å². The van der Waals surface area contributed by atoms with Gasteiger partial charge in [-0.2, -0.15) is 0 Å². The molecule has 0 fully saturated rings. The molecule has 0 spiro atoms. The number of primary amides is 1. The molecule has 0 unspecified atom stereocenters. The first-order valence-electron chi connectivity index (χ1n) is 5.26. The molecule has 0 saturated carbocycles. The third-order valence-corrected chi connectivity index (χ3v) is 2.61. The Morgan fingerprint density at radius 2 is 1.88 bits per heavy atom. The van der Waals surface area contributed by atoms with Gasteiger partial charge in [0.1, 0.15) is 5.75 Å². The van der Waals surface area contributed by atoms with Crippen molar-refractivity contribution in [1.82, 2.24) is 0 Å². The first-order valence-corrected chi connectivity index (χ1v) is 5.26. The van der Waals surface area contributed by atoms with E-state index in [9.17, 15) is 4.79 Å². The van der Waals surface area contributed by atoms with E-state index >= 15 is 0 Å². The number of hydrogen-bond acceptors (Lipinski definition) is 2. The fourth-order valence-electron chi connectivity index (χ4n) is 1.66. The second-order valence-corrected chi connectivity index (χ2v) is 4.99. The van der Waals surface area contributed by atoms with Crippen molar-refractivity contribution in [1.29, 1.82) is 0 Å². The number of carbonyl (C=O) groups excluding carboxylic acids is 1. The van der Waals surface area contributed by atoms with E-state index < -0.39 is 5.91 Å². The summed E-state index contributed by atoms with van der Waals surface area (Å²) in [6.45, 7) is 8.21. The zero-order valence-electron chi connectivity index (χ0n) is 10.5. The Labute approximate surface area is 96.6 Å². The maximum Gasteiger partial charge on any atom is 0.252 e. The molecule has 0 aliphatic carbocycles. The molecule has 0 radical (unpaired) electrons. The van der Waals surface area contributed by atoms with Gasteiger partial charge in [0.05, 0.1) is 12.7 Å². The number of nitrogens with two attached hydrogens (primary N) is 1. The fraction of sp³-hybridized carbons (Fsp3) is 0.462. The Morgan fingerprint density at radius 3 is 2.25 bits per heavy atom. The van der Waals surface area contributed by atoms with Crippen LogP contribution < -0.4 is 10.5 Å². The van der Waals surface area contributed by atoms with Crippen LogP contribution in [0.15, 0.2) is 12.1 Å². The second-order valence-electron chi connectivity index (χ2n) is 4.99. The maximum atomic E-state index is 11.4. The quantitative estimate of drug-likeness (QED) is 0.833. The number of amides is 1. The number of benzene rings is 1. The molecule has 2 N–H and O–H groups in total. The summed E-state index contributed by atoms with van der Waals surface area (Å²) in [6, 6.07) is 3.85. The summed E-state index contributed by atoms with van der Waals surface area (Å²) in [5.74, 6) is 0.117. The van der Waals surface area contributed by atoms with Crippen molar-refractivity contribution in [2.24, 2.45) is 5.73 Å². The highest BCUT2D eigenvalue weighted by Crippen LogP contribution is 2.30. The van der Waals surface area contributed by atoms with Gasteiger partial charge in [0, 0.05) is 0 Å². The Hall–Kier alpha value is -1.51. The highest BCUT2D eigenvalue weighted by molar-refractivity contribution is 5.96. The van der Waals surface area contributed by atoms with Gasteiger partial charge in [-0.1, -0.05) is 26.8 Å². The second kappa shape index (κ2) is 4.16. The third kappa shape index (κ3) is 2.35. The van der Waals surface area contributed by atoms with Gasteiger partial charge in [-0.05, 0) is 29.5 Å². The zero-order chi connectivity index (χ0) is 12.5. The van der Waals surface area contributed by atoms with Gasteiger partial charge < -0.3 is 10.5 Å². The molecule has 0 heterocycles. The first kappa shape index (κ1) is 12.6. The summed E-state index contributed by atoms with van der Waals surface area (Å²) < 4.78 is 5.20. The largest absolute Gasteiger partial charge is 0.496 e. The summed E-state index contributed by atoms with van der Waals surface area (Å²) >= 11 is 0. The monoisotopic (exact) mass is 221 g/mol. The third-order valence-electron chi connectivity index (χ3n) is 2.61. The molecule has 0 saturated heterocycles. The maximum absolute atomic E-state index is 11.4. The molecule has 1 rings (SSSR count). The SMILES string of the molecule is COc1c(C)cc(C(C)(C)C)cc1C(N)=O. The van der Waals surface area contributed by atoms with Crippen LogP contribution in [0.25, 0.3) is 0 Å². The molecular weight excluding hydrogens is 202 g/mol. The van der Waals surface area contributed by atoms with Crippen LogP contribution in [-0.4, -0.2) is 13.0 Å². The minimum absolute atomic E-state index is 0.0127. The molecule has 0 atom stereocenters. The van der Waals surface area contributed by atoms with Crippen molar-refractivity contribution in [2.45, 2.75) is 33.1 Å². The lowest BCUT2D eigenvalue weighted by molar-refractivity contribution is 0.0997. The standard InChI is InChI=1S/C13H19NO2/c1-8-6-9(13(2,3)4)7-10(12(14)15)11(8)16-5/h6-7H,1-5H3,(H2,14,15). The van der Waals surface area contributed by atoms with Gasteiger partial charge in [0.15, 0.2) is 0 Å². The Bertz CT molecular complexity index is 417. The molecule has 0 aliphatic rings. The predicted molar refractivity (Wildman–Crippen MR) is 64.9 cm³/mol. The van der Waals surface area contributed by atoms with Crippen LogP contribution in [0, 0.1) is 6.92 Å². The summed E-state index contributed by atoms with van der Waals surface area (Å²) in [5, 5.41) is 0. The smallest absolute Gasteiger partial charge is 0.252 e. The molecule has 16 heavy (non-hydrogen) atoms. The first-order chi connectivity index (χ1) is 7.27. The molecule has 1 aromatic rings. The van der Waals surface area contributed by atoms with Crippen LogP contribution >= 0.6 is 0 Å². The normalized spacial score (nSPS) is 11.3. The number of methoxy groups -OCH3 is 1. The summed E-state index contributed by atoms with van der Waals surface area (Å²) in [4.78, 5) is 11.4. The summed E-state index contributed by atoms with van der Waals surface area (Å²) in [6.07, 6.45) is 0. The Balaban J connectivity index is 3.46. The predicted octanol–water partition coefficient (Wildman–Crippen LogP) is 2.40. The molecule has 3 heteroatoms. The van der Waals surface area contributed by atoms with E-state index in [1.807, 2.05) is 19.1 Å². The lowest BCUT2D eigenvalue weighted by atomic mass is 9.85. The minimum atomic E-state index is -0.453. The lowest BCUT2D eigenvalue weighted by Crippen LogP contribution is -2.17. The number of hydrogen-bond donors (Lipinski definition) is 1. The highest BCUT2D eigenvalue weighted by Gasteiger charge is 2.19. The van der Waals surface area contributed by atoms with Crippen LogP contribution in [-0.2, 0) is 5.41 Å². The van der Waals surface area contributed by atoms with E-state index in [0.717, 1.165) is 11.1 Å². The molecule has 0 bridgehead atoms. The van der Waals surface area contributed by atoms with E-state index in [0.29, 0.717) is 11.3 Å². The average molecular weight is 221 g/mol. The minimum Gasteiger partial charge on any atom is -0.496 e. The topological polar surface area (TPSA) is 52.3 Å². The molecule has 88 valence electrons. The van der Waals surface area contributed by atoms with Crippen molar-refractivity contribution < 1.29 is 9.53 Å². The van der Waals surface area contributed by atoms with E-state index in [1.54, 1.807) is 7.11 Å². The average Bonchev–Trinajstić information content (AvgIpc) is 2.14. The fourth-order valence-corrected chi connectivity index (χ4v) is 1.66. The van der Waals surface area contributed by atoms with E-state index in [4.69, 9.17) is 10.5 Å². The lowest BCUT2D eigenvalue weighted by Gasteiger charge is -2.21. The molecule has 1 amide bonds. The van der Waals surface area contributed by atoms with E-state index in [1.165, 1.54) is 0 Å².